The lowest BCUT2D eigenvalue weighted by molar-refractivity contribution is 1.21. The van der Waals surface area contributed by atoms with Crippen molar-refractivity contribution < 1.29 is 0 Å². The topological polar surface area (TPSA) is 6.48 Å². The molecule has 0 unspecified atom stereocenters. The lowest BCUT2D eigenvalue weighted by Crippen LogP contribution is -2.12. The van der Waals surface area contributed by atoms with Crippen LogP contribution in [0.2, 0.25) is 0 Å². The highest BCUT2D eigenvalue weighted by molar-refractivity contribution is 6.23. The van der Waals surface area contributed by atoms with Crippen molar-refractivity contribution in [3.8, 4) is 44.5 Å². The Hall–Kier alpha value is -8.46. The minimum atomic E-state index is 1.13. The highest BCUT2D eigenvalue weighted by atomic mass is 15.2. The second-order valence-corrected chi connectivity index (χ2v) is 20.8. The van der Waals surface area contributed by atoms with Crippen LogP contribution in [-0.4, -0.2) is 0 Å². The summed E-state index contributed by atoms with van der Waals surface area (Å²) in [7, 11) is 0. The summed E-state index contributed by atoms with van der Waals surface area (Å²) >= 11 is 0. The summed E-state index contributed by atoms with van der Waals surface area (Å²) in [5, 5.41) is 4.97. The van der Waals surface area contributed by atoms with Gasteiger partial charge < -0.3 is 9.80 Å². The van der Waals surface area contributed by atoms with Crippen molar-refractivity contribution in [1.82, 2.24) is 0 Å². The molecule has 0 aromatic heterocycles. The third-order valence-corrected chi connectivity index (χ3v) is 15.2. The van der Waals surface area contributed by atoms with Gasteiger partial charge in [0, 0.05) is 34.1 Å². The Morgan fingerprint density at radius 3 is 0.824 bits per heavy atom. The van der Waals surface area contributed by atoms with Gasteiger partial charge in [-0.15, -0.1) is 0 Å². The number of nitrogens with zero attached hydrogens (tertiary/aromatic N) is 2. The van der Waals surface area contributed by atoms with E-state index in [1.807, 2.05) is 0 Å². The van der Waals surface area contributed by atoms with Crippen molar-refractivity contribution in [3.63, 3.8) is 0 Å². The minimum absolute atomic E-state index is 1.13. The monoisotopic (exact) mass is 957 g/mol. The van der Waals surface area contributed by atoms with Crippen LogP contribution in [-0.2, 0) is 0 Å². The molecule has 0 N–H and O–H groups in total. The molecule has 0 bridgehead atoms. The summed E-state index contributed by atoms with van der Waals surface area (Å²) in [5.74, 6) is 0. The van der Waals surface area contributed by atoms with E-state index in [4.69, 9.17) is 0 Å². The SMILES string of the molecule is Cc1ccc(N(c2ccc(-c3ccc4c(-c5ccccc5C)c5cc(-c6ccc(N(c7ccc(C)cc7C)c7ccc(C)cc7C)cc6)ccc5c(-c5ccccc5C)c4c3)cc2)c2ccc(C)cc2C)c(C)c1. The van der Waals surface area contributed by atoms with Gasteiger partial charge in [-0.1, -0.05) is 168 Å². The fraction of sp³-hybridized carbons (Fsp3) is 0.139. The van der Waals surface area contributed by atoms with Gasteiger partial charge in [-0.25, -0.2) is 0 Å². The van der Waals surface area contributed by atoms with Gasteiger partial charge in [-0.3, -0.25) is 0 Å². The Balaban J connectivity index is 1.07. The Morgan fingerprint density at radius 1 is 0.230 bits per heavy atom. The van der Waals surface area contributed by atoms with Gasteiger partial charge in [0.15, 0.2) is 0 Å². The Morgan fingerprint density at radius 2 is 0.527 bits per heavy atom. The predicted octanol–water partition coefficient (Wildman–Crippen LogP) is 20.7. The molecule has 0 radical (unpaired) electrons. The van der Waals surface area contributed by atoms with E-state index in [-0.39, 0.29) is 0 Å². The zero-order chi connectivity index (χ0) is 51.4. The summed E-state index contributed by atoms with van der Waals surface area (Å²) < 4.78 is 0. The first-order chi connectivity index (χ1) is 35.8. The maximum absolute atomic E-state index is 2.45. The maximum Gasteiger partial charge on any atom is 0.0491 e. The van der Waals surface area contributed by atoms with E-state index in [1.54, 1.807) is 0 Å². The van der Waals surface area contributed by atoms with E-state index in [2.05, 4.69) is 285 Å². The molecule has 0 aliphatic carbocycles. The number of benzene rings is 11. The van der Waals surface area contributed by atoms with Crippen molar-refractivity contribution >= 4 is 55.7 Å². The Bertz CT molecular complexity index is 3590. The third kappa shape index (κ3) is 8.85. The molecule has 11 aromatic carbocycles. The van der Waals surface area contributed by atoms with Crippen LogP contribution < -0.4 is 9.80 Å². The molecule has 74 heavy (non-hydrogen) atoms. The van der Waals surface area contributed by atoms with Crippen LogP contribution in [0.4, 0.5) is 34.1 Å². The van der Waals surface area contributed by atoms with E-state index < -0.39 is 0 Å². The lowest BCUT2D eigenvalue weighted by Gasteiger charge is -2.29. The number of hydrogen-bond donors (Lipinski definition) is 0. The Labute approximate surface area is 438 Å². The van der Waals surface area contributed by atoms with E-state index in [9.17, 15) is 0 Å². The number of fused-ring (bicyclic) bond motifs is 2. The molecule has 11 aromatic rings. The molecule has 362 valence electrons. The fourth-order valence-electron chi connectivity index (χ4n) is 11.5. The van der Waals surface area contributed by atoms with Crippen LogP contribution in [0.15, 0.2) is 206 Å². The largest absolute Gasteiger partial charge is 0.310 e. The van der Waals surface area contributed by atoms with Gasteiger partial charge in [-0.2, -0.15) is 0 Å². The third-order valence-electron chi connectivity index (χ3n) is 15.2. The molecule has 0 aliphatic heterocycles. The fourth-order valence-corrected chi connectivity index (χ4v) is 11.5. The first-order valence-corrected chi connectivity index (χ1v) is 26.1. The summed E-state index contributed by atoms with van der Waals surface area (Å²) in [6, 6.07) is 77.5. The molecule has 2 nitrogen and oxygen atoms in total. The number of rotatable bonds is 10. The molecule has 0 heterocycles. The lowest BCUT2D eigenvalue weighted by atomic mass is 9.82. The van der Waals surface area contributed by atoms with Crippen molar-refractivity contribution in [3.05, 3.63) is 262 Å². The van der Waals surface area contributed by atoms with Gasteiger partial charge in [0.2, 0.25) is 0 Å². The van der Waals surface area contributed by atoms with Crippen LogP contribution in [0.25, 0.3) is 66.1 Å². The highest BCUT2D eigenvalue weighted by Crippen LogP contribution is 2.48. The molecule has 0 aliphatic rings. The van der Waals surface area contributed by atoms with Gasteiger partial charge in [-0.05, 0) is 229 Å². The summed E-state index contributed by atoms with van der Waals surface area (Å²) in [6.07, 6.45) is 0. The summed E-state index contributed by atoms with van der Waals surface area (Å²) in [6.45, 7) is 22.0. The van der Waals surface area contributed by atoms with E-state index in [0.29, 0.717) is 0 Å². The molecule has 0 spiro atoms. The molecule has 0 saturated carbocycles. The van der Waals surface area contributed by atoms with Gasteiger partial charge in [0.05, 0.1) is 0 Å². The van der Waals surface area contributed by atoms with Crippen LogP contribution in [0, 0.1) is 69.2 Å². The van der Waals surface area contributed by atoms with Crippen molar-refractivity contribution in [1.29, 1.82) is 0 Å². The molecule has 11 rings (SSSR count). The van der Waals surface area contributed by atoms with Crippen molar-refractivity contribution in [2.45, 2.75) is 69.2 Å². The zero-order valence-electron chi connectivity index (χ0n) is 44.5. The van der Waals surface area contributed by atoms with Gasteiger partial charge in [0.25, 0.3) is 0 Å². The summed E-state index contributed by atoms with van der Waals surface area (Å²) in [5.41, 5.74) is 29.3. The second-order valence-electron chi connectivity index (χ2n) is 20.8. The van der Waals surface area contributed by atoms with Crippen LogP contribution in [0.3, 0.4) is 0 Å². The second kappa shape index (κ2) is 19.5. The summed E-state index contributed by atoms with van der Waals surface area (Å²) in [4.78, 5) is 4.83. The van der Waals surface area contributed by atoms with E-state index in [1.165, 1.54) is 144 Å². The number of aryl methyl sites for hydroxylation is 10. The smallest absolute Gasteiger partial charge is 0.0491 e. The molecule has 0 amide bonds. The van der Waals surface area contributed by atoms with Gasteiger partial charge in [0.1, 0.15) is 0 Å². The van der Waals surface area contributed by atoms with Crippen molar-refractivity contribution in [2.24, 2.45) is 0 Å². The first kappa shape index (κ1) is 47.8. The normalized spacial score (nSPS) is 11.4. The molecule has 0 fully saturated rings. The molecule has 0 atom stereocenters. The standard InChI is InChI=1S/C72H64N2/c1-45-19-35-67(51(7)39-45)73(68-36-20-46(2)40-52(68)8)59-29-23-55(24-30-59)57-27-33-63-65(43-57)71(61-17-13-11-15-49(61)5)64-34-28-58(44-66(64)72(63)62-18-14-12-16-50(62)6)56-25-31-60(32-26-56)74(69-37-21-47(3)41-53(69)9)70-38-22-48(4)42-54(70)10/h11-44H,1-10H3. The minimum Gasteiger partial charge on any atom is -0.310 e. The molecular formula is C72H64N2. The number of hydrogen-bond acceptors (Lipinski definition) is 2. The van der Waals surface area contributed by atoms with Crippen LogP contribution >= 0.6 is 0 Å². The first-order valence-electron chi connectivity index (χ1n) is 26.1. The highest BCUT2D eigenvalue weighted by Gasteiger charge is 2.23. The molecule has 0 saturated heterocycles. The predicted molar refractivity (Wildman–Crippen MR) is 320 cm³/mol. The molecular weight excluding hydrogens is 893 g/mol. The van der Waals surface area contributed by atoms with Crippen molar-refractivity contribution in [2.75, 3.05) is 9.80 Å². The van der Waals surface area contributed by atoms with Crippen LogP contribution in [0.5, 0.6) is 0 Å². The van der Waals surface area contributed by atoms with Gasteiger partial charge >= 0.3 is 0 Å². The maximum atomic E-state index is 2.45. The average Bonchev–Trinajstić information content (AvgIpc) is 3.42. The van der Waals surface area contributed by atoms with E-state index >= 15 is 0 Å². The van der Waals surface area contributed by atoms with E-state index in [0.717, 1.165) is 11.4 Å². The number of anilines is 6. The quantitative estimate of drug-likeness (QED) is 0.126. The van der Waals surface area contributed by atoms with Crippen LogP contribution in [0.1, 0.15) is 55.6 Å². The average molecular weight is 957 g/mol. The molecule has 2 heteroatoms. The Kier molecular flexibility index (Phi) is 12.6. The zero-order valence-corrected chi connectivity index (χ0v) is 44.5.